The van der Waals surface area contributed by atoms with Crippen LogP contribution in [0, 0.1) is 11.6 Å². The summed E-state index contributed by atoms with van der Waals surface area (Å²) in [5.74, 6) is -1.45. The van der Waals surface area contributed by atoms with E-state index >= 15 is 0 Å². The fraction of sp³-hybridized carbons (Fsp3) is 0.238. The third-order valence-electron chi connectivity index (χ3n) is 4.98. The van der Waals surface area contributed by atoms with E-state index < -0.39 is 23.5 Å². The first-order valence-electron chi connectivity index (χ1n) is 9.02. The van der Waals surface area contributed by atoms with Crippen molar-refractivity contribution in [3.8, 4) is 11.3 Å². The number of hydrogen-bond donors (Lipinski definition) is 1. The molecule has 0 saturated heterocycles. The van der Waals surface area contributed by atoms with Crippen LogP contribution in [0.15, 0.2) is 48.5 Å². The normalized spacial score (nSPS) is 16.9. The van der Waals surface area contributed by atoms with Crippen LogP contribution in [0.4, 0.5) is 22.0 Å². The van der Waals surface area contributed by atoms with Crippen LogP contribution >= 0.6 is 0 Å². The van der Waals surface area contributed by atoms with Crippen molar-refractivity contribution in [2.24, 2.45) is 0 Å². The van der Waals surface area contributed by atoms with Gasteiger partial charge in [-0.2, -0.15) is 13.2 Å². The van der Waals surface area contributed by atoms with E-state index in [4.69, 9.17) is 0 Å². The van der Waals surface area contributed by atoms with Gasteiger partial charge in [0.1, 0.15) is 11.6 Å². The molecule has 1 aromatic heterocycles. The van der Waals surface area contributed by atoms with Crippen molar-refractivity contribution < 1.29 is 22.0 Å². The Labute approximate surface area is 163 Å². The lowest BCUT2D eigenvalue weighted by atomic mass is 9.85. The zero-order valence-corrected chi connectivity index (χ0v) is 15.1. The number of benzene rings is 2. The minimum atomic E-state index is -4.54. The fourth-order valence-electron chi connectivity index (χ4n) is 3.64. The molecule has 150 valence electrons. The maximum Gasteiger partial charge on any atom is 0.435 e. The highest BCUT2D eigenvalue weighted by atomic mass is 19.4. The van der Waals surface area contributed by atoms with Gasteiger partial charge >= 0.3 is 6.18 Å². The minimum absolute atomic E-state index is 0.196. The predicted octanol–water partition coefficient (Wildman–Crippen LogP) is 5.07. The van der Waals surface area contributed by atoms with E-state index in [1.165, 1.54) is 18.2 Å². The number of fused-ring (bicyclic) bond motifs is 1. The smallest absolute Gasteiger partial charge is 0.313 e. The number of alkyl halides is 3. The molecule has 3 nitrogen and oxygen atoms in total. The Hall–Kier alpha value is -2.87. The third kappa shape index (κ3) is 4.12. The van der Waals surface area contributed by atoms with Crippen LogP contribution in [-0.2, 0) is 12.7 Å². The van der Waals surface area contributed by atoms with Gasteiger partial charge in [-0.15, -0.1) is 10.2 Å². The Balaban J connectivity index is 1.71. The van der Waals surface area contributed by atoms with E-state index in [2.05, 4.69) is 15.5 Å². The molecule has 0 radical (unpaired) electrons. The Morgan fingerprint density at radius 3 is 2.31 bits per heavy atom. The minimum Gasteiger partial charge on any atom is -0.313 e. The molecule has 0 amide bonds. The fourth-order valence-corrected chi connectivity index (χ4v) is 3.64. The van der Waals surface area contributed by atoms with Gasteiger partial charge in [0.2, 0.25) is 0 Å². The van der Waals surface area contributed by atoms with E-state index in [0.717, 1.165) is 23.3 Å². The van der Waals surface area contributed by atoms with Crippen LogP contribution in [0.25, 0.3) is 11.3 Å². The molecule has 0 bridgehead atoms. The van der Waals surface area contributed by atoms with Gasteiger partial charge in [-0.25, -0.2) is 8.78 Å². The van der Waals surface area contributed by atoms with Crippen LogP contribution in [0.3, 0.4) is 0 Å². The second-order valence-corrected chi connectivity index (χ2v) is 6.94. The number of nitrogens with zero attached hydrogens (tertiary/aromatic N) is 2. The van der Waals surface area contributed by atoms with Crippen molar-refractivity contribution in [2.75, 3.05) is 6.54 Å². The van der Waals surface area contributed by atoms with E-state index in [1.807, 2.05) is 12.1 Å². The first-order chi connectivity index (χ1) is 13.8. The first kappa shape index (κ1) is 19.4. The molecule has 0 saturated carbocycles. The second-order valence-electron chi connectivity index (χ2n) is 6.94. The molecule has 1 aliphatic rings. The molecular formula is C21H16F5N3. The molecule has 0 spiro atoms. The highest BCUT2D eigenvalue weighted by Crippen LogP contribution is 2.35. The van der Waals surface area contributed by atoms with Crippen LogP contribution in [0.5, 0.6) is 0 Å². The van der Waals surface area contributed by atoms with Gasteiger partial charge in [0.15, 0.2) is 5.69 Å². The number of hydrogen-bond acceptors (Lipinski definition) is 3. The average molecular weight is 405 g/mol. The molecule has 4 rings (SSSR count). The van der Waals surface area contributed by atoms with Crippen molar-refractivity contribution in [2.45, 2.75) is 25.1 Å². The van der Waals surface area contributed by atoms with Crippen molar-refractivity contribution in [1.29, 1.82) is 0 Å². The van der Waals surface area contributed by atoms with E-state index in [1.54, 1.807) is 6.07 Å². The largest absolute Gasteiger partial charge is 0.435 e. The second kappa shape index (κ2) is 7.51. The molecule has 1 aliphatic heterocycles. The van der Waals surface area contributed by atoms with E-state index in [0.29, 0.717) is 36.3 Å². The van der Waals surface area contributed by atoms with Gasteiger partial charge in [-0.1, -0.05) is 12.1 Å². The summed E-state index contributed by atoms with van der Waals surface area (Å²) in [5.41, 5.74) is 2.26. The lowest BCUT2D eigenvalue weighted by molar-refractivity contribution is -0.141. The summed E-state index contributed by atoms with van der Waals surface area (Å²) < 4.78 is 65.5. The van der Waals surface area contributed by atoms with E-state index in [-0.39, 0.29) is 5.92 Å². The molecule has 1 unspecified atom stereocenters. The molecule has 2 heterocycles. The van der Waals surface area contributed by atoms with Gasteiger partial charge < -0.3 is 5.32 Å². The molecule has 29 heavy (non-hydrogen) atoms. The zero-order valence-electron chi connectivity index (χ0n) is 15.1. The number of rotatable bonds is 2. The molecule has 3 aromatic rings. The Bertz CT molecular complexity index is 1010. The van der Waals surface area contributed by atoms with Gasteiger partial charge in [0, 0.05) is 24.1 Å². The summed E-state index contributed by atoms with van der Waals surface area (Å²) in [6.45, 7) is 1.19. The molecule has 0 fully saturated rings. The van der Waals surface area contributed by atoms with Crippen molar-refractivity contribution in [1.82, 2.24) is 15.5 Å². The van der Waals surface area contributed by atoms with Crippen LogP contribution in [-0.4, -0.2) is 16.7 Å². The van der Waals surface area contributed by atoms with E-state index in [9.17, 15) is 22.0 Å². The van der Waals surface area contributed by atoms with Gasteiger partial charge in [-0.3, -0.25) is 0 Å². The predicted molar refractivity (Wildman–Crippen MR) is 97.0 cm³/mol. The lowest BCUT2D eigenvalue weighted by Crippen LogP contribution is -2.12. The zero-order chi connectivity index (χ0) is 20.6. The first-order valence-corrected chi connectivity index (χ1v) is 9.02. The Morgan fingerprint density at radius 1 is 0.897 bits per heavy atom. The van der Waals surface area contributed by atoms with Gasteiger partial charge in [0.05, 0.1) is 5.69 Å². The Morgan fingerprint density at radius 2 is 1.66 bits per heavy atom. The quantitative estimate of drug-likeness (QED) is 0.606. The van der Waals surface area contributed by atoms with Crippen molar-refractivity contribution in [3.63, 3.8) is 0 Å². The SMILES string of the molecule is Fc1cc(F)cc(C2CCNCc3cc(-c4ccc(C(F)(F)F)nn4)ccc32)c1. The molecule has 0 aliphatic carbocycles. The van der Waals surface area contributed by atoms with Crippen LogP contribution in [0.2, 0.25) is 0 Å². The summed E-state index contributed by atoms with van der Waals surface area (Å²) in [7, 11) is 0. The standard InChI is InChI=1S/C21H16F5N3/c22-15-8-13(9-16(23)10-15)18-5-6-27-11-14-7-12(1-2-17(14)18)19-3-4-20(29-28-19)21(24,25)26/h1-4,7-10,18,27H,5-6,11H2. The highest BCUT2D eigenvalue weighted by molar-refractivity contribution is 5.61. The monoisotopic (exact) mass is 405 g/mol. The number of nitrogens with one attached hydrogen (secondary N) is 1. The van der Waals surface area contributed by atoms with Crippen molar-refractivity contribution >= 4 is 0 Å². The summed E-state index contributed by atoms with van der Waals surface area (Å²) in [4.78, 5) is 0. The lowest BCUT2D eigenvalue weighted by Gasteiger charge is -2.19. The number of halogens is 5. The molecule has 1 N–H and O–H groups in total. The van der Waals surface area contributed by atoms with Gasteiger partial charge in [0.25, 0.3) is 0 Å². The average Bonchev–Trinajstić information content (AvgIpc) is 2.88. The maximum atomic E-state index is 13.7. The van der Waals surface area contributed by atoms with Crippen LogP contribution < -0.4 is 5.32 Å². The van der Waals surface area contributed by atoms with Gasteiger partial charge in [-0.05, 0) is 60.0 Å². The molecule has 2 aromatic carbocycles. The highest BCUT2D eigenvalue weighted by Gasteiger charge is 2.33. The summed E-state index contributed by atoms with van der Waals surface area (Å²) >= 11 is 0. The summed E-state index contributed by atoms with van der Waals surface area (Å²) in [6, 6.07) is 11.1. The van der Waals surface area contributed by atoms with Crippen molar-refractivity contribution in [3.05, 3.63) is 82.5 Å². The molecule has 1 atom stereocenters. The number of aromatic nitrogens is 2. The van der Waals surface area contributed by atoms with Crippen LogP contribution in [0.1, 0.15) is 34.7 Å². The molecule has 8 heteroatoms. The summed E-state index contributed by atoms with van der Waals surface area (Å²) in [5, 5.41) is 10.2. The third-order valence-corrected chi connectivity index (χ3v) is 4.98. The maximum absolute atomic E-state index is 13.7. The molecular weight excluding hydrogens is 389 g/mol. The topological polar surface area (TPSA) is 37.8 Å². The Kier molecular flexibility index (Phi) is 5.04. The summed E-state index contributed by atoms with van der Waals surface area (Å²) in [6.07, 6.45) is -3.88.